The van der Waals surface area contributed by atoms with Crippen LogP contribution in [0.4, 0.5) is 0 Å². The Morgan fingerprint density at radius 2 is 1.95 bits per heavy atom. The first kappa shape index (κ1) is 13.6. The topological polar surface area (TPSA) is 48.1 Å². The summed E-state index contributed by atoms with van der Waals surface area (Å²) in [4.78, 5) is 4.34. The van der Waals surface area contributed by atoms with E-state index in [-0.39, 0.29) is 6.04 Å². The van der Waals surface area contributed by atoms with Gasteiger partial charge in [-0.1, -0.05) is 18.2 Å². The van der Waals surface area contributed by atoms with Gasteiger partial charge in [0.15, 0.2) is 0 Å². The number of nitrogens with two attached hydrogens (primary N) is 1. The molecule has 3 heteroatoms. The highest BCUT2D eigenvalue weighted by Crippen LogP contribution is 2.27. The molecule has 21 heavy (non-hydrogen) atoms. The van der Waals surface area contributed by atoms with Crippen LogP contribution in [0.2, 0.25) is 0 Å². The van der Waals surface area contributed by atoms with Gasteiger partial charge in [-0.05, 0) is 53.9 Å². The van der Waals surface area contributed by atoms with Crippen LogP contribution >= 0.6 is 0 Å². The second-order valence-electron chi connectivity index (χ2n) is 5.16. The van der Waals surface area contributed by atoms with Crippen molar-refractivity contribution in [2.24, 2.45) is 5.73 Å². The first-order valence-corrected chi connectivity index (χ1v) is 6.94. The molecule has 1 unspecified atom stereocenters. The summed E-state index contributed by atoms with van der Waals surface area (Å²) in [5.74, 6) is 0.853. The average molecular weight is 278 g/mol. The molecule has 0 spiro atoms. The number of methoxy groups -OCH3 is 1. The van der Waals surface area contributed by atoms with Crippen molar-refractivity contribution < 1.29 is 4.74 Å². The van der Waals surface area contributed by atoms with Crippen molar-refractivity contribution in [3.63, 3.8) is 0 Å². The Hall–Kier alpha value is -2.39. The van der Waals surface area contributed by atoms with E-state index in [9.17, 15) is 0 Å². The maximum Gasteiger partial charge on any atom is 0.119 e. The van der Waals surface area contributed by atoms with Crippen molar-refractivity contribution in [3.05, 3.63) is 71.4 Å². The van der Waals surface area contributed by atoms with Crippen molar-refractivity contribution in [2.45, 2.75) is 13.0 Å². The minimum atomic E-state index is -0.152. The van der Waals surface area contributed by atoms with Gasteiger partial charge >= 0.3 is 0 Å². The number of rotatable bonds is 3. The van der Waals surface area contributed by atoms with E-state index in [1.807, 2.05) is 36.4 Å². The average Bonchev–Trinajstić information content (AvgIpc) is 2.53. The third-order valence-corrected chi connectivity index (χ3v) is 3.80. The molecule has 106 valence electrons. The largest absolute Gasteiger partial charge is 0.497 e. The fraction of sp³-hybridized carbons (Fsp3) is 0.167. The molecule has 0 saturated heterocycles. The number of aromatic nitrogens is 1. The first-order chi connectivity index (χ1) is 10.2. The summed E-state index contributed by atoms with van der Waals surface area (Å²) in [7, 11) is 1.67. The molecule has 1 heterocycles. The lowest BCUT2D eigenvalue weighted by atomic mass is 9.94. The highest BCUT2D eigenvalue weighted by atomic mass is 16.5. The zero-order chi connectivity index (χ0) is 14.8. The number of hydrogen-bond donors (Lipinski definition) is 1. The smallest absolute Gasteiger partial charge is 0.119 e. The standard InChI is InChI=1S/C18H18N2O/c1-12-10-15(21-2)6-7-16(12)18(19)14-5-8-17-13(11-14)4-3-9-20-17/h3-11,18H,19H2,1-2H3. The maximum atomic E-state index is 6.44. The van der Waals surface area contributed by atoms with Crippen molar-refractivity contribution in [3.8, 4) is 5.75 Å². The van der Waals surface area contributed by atoms with Gasteiger partial charge in [0.25, 0.3) is 0 Å². The van der Waals surface area contributed by atoms with Crippen LogP contribution in [0.25, 0.3) is 10.9 Å². The summed E-state index contributed by atoms with van der Waals surface area (Å²) in [5, 5.41) is 1.11. The Bertz CT molecular complexity index is 783. The molecule has 1 atom stereocenters. The van der Waals surface area contributed by atoms with Crippen LogP contribution in [0, 0.1) is 6.92 Å². The van der Waals surface area contributed by atoms with Crippen molar-refractivity contribution in [1.82, 2.24) is 4.98 Å². The van der Waals surface area contributed by atoms with Crippen molar-refractivity contribution in [2.75, 3.05) is 7.11 Å². The molecule has 0 aliphatic rings. The Labute approximate surface area is 124 Å². The number of nitrogens with zero attached hydrogens (tertiary/aromatic N) is 1. The summed E-state index contributed by atoms with van der Waals surface area (Å²) in [6, 6.07) is 16.0. The third kappa shape index (κ3) is 2.60. The molecule has 0 amide bonds. The van der Waals surface area contributed by atoms with E-state index in [4.69, 9.17) is 10.5 Å². The highest BCUT2D eigenvalue weighted by Gasteiger charge is 2.12. The molecular formula is C18H18N2O. The predicted octanol–water partition coefficient (Wildman–Crippen LogP) is 3.60. The highest BCUT2D eigenvalue weighted by molar-refractivity contribution is 5.79. The molecule has 3 aromatic rings. The lowest BCUT2D eigenvalue weighted by Gasteiger charge is -2.16. The fourth-order valence-electron chi connectivity index (χ4n) is 2.59. The second-order valence-corrected chi connectivity index (χ2v) is 5.16. The zero-order valence-corrected chi connectivity index (χ0v) is 12.2. The molecule has 0 saturated carbocycles. The maximum absolute atomic E-state index is 6.44. The second kappa shape index (κ2) is 5.54. The summed E-state index contributed by atoms with van der Waals surface area (Å²) >= 11 is 0. The predicted molar refractivity (Wildman–Crippen MR) is 85.5 cm³/mol. The van der Waals surface area contributed by atoms with E-state index in [1.54, 1.807) is 13.3 Å². The molecule has 0 bridgehead atoms. The lowest BCUT2D eigenvalue weighted by Crippen LogP contribution is -2.13. The summed E-state index contributed by atoms with van der Waals surface area (Å²) in [5.41, 5.74) is 10.8. The van der Waals surface area contributed by atoms with Crippen LogP contribution in [0.3, 0.4) is 0 Å². The van der Waals surface area contributed by atoms with Gasteiger partial charge in [-0.15, -0.1) is 0 Å². The van der Waals surface area contributed by atoms with E-state index < -0.39 is 0 Å². The van der Waals surface area contributed by atoms with E-state index in [0.29, 0.717) is 0 Å². The molecule has 3 nitrogen and oxygen atoms in total. The van der Waals surface area contributed by atoms with Crippen LogP contribution < -0.4 is 10.5 Å². The van der Waals surface area contributed by atoms with E-state index in [0.717, 1.165) is 33.3 Å². The Kier molecular flexibility index (Phi) is 3.59. The molecule has 2 N–H and O–H groups in total. The van der Waals surface area contributed by atoms with Gasteiger partial charge in [-0.3, -0.25) is 4.98 Å². The molecule has 1 aromatic heterocycles. The Balaban J connectivity index is 2.01. The van der Waals surface area contributed by atoms with E-state index >= 15 is 0 Å². The summed E-state index contributed by atoms with van der Waals surface area (Å²) in [6.07, 6.45) is 1.80. The minimum absolute atomic E-state index is 0.152. The van der Waals surface area contributed by atoms with Crippen molar-refractivity contribution >= 4 is 10.9 Å². The molecule has 0 aliphatic carbocycles. The van der Waals surface area contributed by atoms with Gasteiger partial charge in [0.1, 0.15) is 5.75 Å². The molecule has 0 fully saturated rings. The van der Waals surface area contributed by atoms with Gasteiger partial charge in [-0.2, -0.15) is 0 Å². The molecule has 3 rings (SSSR count). The van der Waals surface area contributed by atoms with Gasteiger partial charge in [0.2, 0.25) is 0 Å². The summed E-state index contributed by atoms with van der Waals surface area (Å²) in [6.45, 7) is 2.06. The molecular weight excluding hydrogens is 260 g/mol. The van der Waals surface area contributed by atoms with E-state index in [2.05, 4.69) is 24.0 Å². The molecule has 0 radical (unpaired) electrons. The molecule has 2 aromatic carbocycles. The minimum Gasteiger partial charge on any atom is -0.497 e. The number of fused-ring (bicyclic) bond motifs is 1. The van der Waals surface area contributed by atoms with Crippen LogP contribution in [0.5, 0.6) is 5.75 Å². The lowest BCUT2D eigenvalue weighted by molar-refractivity contribution is 0.414. The zero-order valence-electron chi connectivity index (χ0n) is 12.2. The fourth-order valence-corrected chi connectivity index (χ4v) is 2.59. The van der Waals surface area contributed by atoms with Crippen molar-refractivity contribution in [1.29, 1.82) is 0 Å². The van der Waals surface area contributed by atoms with Crippen LogP contribution in [0.15, 0.2) is 54.7 Å². The van der Waals surface area contributed by atoms with Gasteiger partial charge in [0, 0.05) is 11.6 Å². The quantitative estimate of drug-likeness (QED) is 0.796. The van der Waals surface area contributed by atoms with Crippen LogP contribution in [-0.2, 0) is 0 Å². The Morgan fingerprint density at radius 3 is 2.71 bits per heavy atom. The summed E-state index contributed by atoms with van der Waals surface area (Å²) < 4.78 is 5.24. The van der Waals surface area contributed by atoms with Gasteiger partial charge < -0.3 is 10.5 Å². The van der Waals surface area contributed by atoms with Gasteiger partial charge in [-0.25, -0.2) is 0 Å². The van der Waals surface area contributed by atoms with Crippen LogP contribution in [0.1, 0.15) is 22.7 Å². The number of pyridine rings is 1. The number of hydrogen-bond acceptors (Lipinski definition) is 3. The number of ether oxygens (including phenoxy) is 1. The number of benzene rings is 2. The van der Waals surface area contributed by atoms with Crippen LogP contribution in [-0.4, -0.2) is 12.1 Å². The SMILES string of the molecule is COc1ccc(C(N)c2ccc3ncccc3c2)c(C)c1. The number of aryl methyl sites for hydroxylation is 1. The third-order valence-electron chi connectivity index (χ3n) is 3.80. The van der Waals surface area contributed by atoms with Gasteiger partial charge in [0.05, 0.1) is 18.7 Å². The normalized spacial score (nSPS) is 12.3. The first-order valence-electron chi connectivity index (χ1n) is 6.94. The molecule has 0 aliphatic heterocycles. The van der Waals surface area contributed by atoms with E-state index in [1.165, 1.54) is 0 Å². The monoisotopic (exact) mass is 278 g/mol. The Morgan fingerprint density at radius 1 is 1.10 bits per heavy atom.